The molecule has 2 heterocycles. The quantitative estimate of drug-likeness (QED) is 0.278. The molecule has 8 rings (SSSR count). The van der Waals surface area contributed by atoms with Crippen LogP contribution in [0.3, 0.4) is 0 Å². The first-order valence-corrected chi connectivity index (χ1v) is 16.5. The van der Waals surface area contributed by atoms with E-state index in [1.165, 1.54) is 66.8 Å². The SMILES string of the molecule is Cc1cc2ccccc2n1C1=Cc2ccccc2[CH]1[Zr+2][CH]1C(n2c(C)cc3ccccc32)=Cc2ccccc21.[Cl-].[Cl-]. The number of nitrogens with zero attached hydrogens (tertiary/aromatic N) is 2. The molecule has 0 N–H and O–H groups in total. The summed E-state index contributed by atoms with van der Waals surface area (Å²) < 4.78 is 6.00. The zero-order chi connectivity index (χ0) is 26.1. The number of benzene rings is 4. The Labute approximate surface area is 264 Å². The van der Waals surface area contributed by atoms with Crippen LogP contribution in [0.5, 0.6) is 0 Å². The maximum absolute atomic E-state index is 2.54. The fourth-order valence-electron chi connectivity index (χ4n) is 6.79. The van der Waals surface area contributed by atoms with Crippen molar-refractivity contribution < 1.29 is 48.0 Å². The number of halogens is 2. The van der Waals surface area contributed by atoms with Gasteiger partial charge < -0.3 is 24.8 Å². The monoisotopic (exact) mass is 648 g/mol. The molecular formula is C36H28Cl2N2Zr. The maximum atomic E-state index is 2.54. The zero-order valence-corrected chi connectivity index (χ0v) is 26.8. The number of hydrogen-bond donors (Lipinski definition) is 0. The molecule has 6 aromatic rings. The molecular weight excluding hydrogens is 623 g/mol. The zero-order valence-electron chi connectivity index (χ0n) is 22.9. The van der Waals surface area contributed by atoms with E-state index in [0.29, 0.717) is 7.25 Å². The summed E-state index contributed by atoms with van der Waals surface area (Å²) >= 11 is -1.13. The van der Waals surface area contributed by atoms with Crippen molar-refractivity contribution in [1.29, 1.82) is 0 Å². The third kappa shape index (κ3) is 4.42. The Kier molecular flexibility index (Phi) is 7.49. The molecule has 0 spiro atoms. The fourth-order valence-corrected chi connectivity index (χ4v) is 11.7. The second-order valence-electron chi connectivity index (χ2n) is 10.8. The molecule has 0 aliphatic heterocycles. The average Bonchev–Trinajstić information content (AvgIpc) is 3.68. The van der Waals surface area contributed by atoms with E-state index in [0.717, 1.165) is 0 Å². The molecule has 0 amide bonds. The fraction of sp³-hybridized carbons (Fsp3) is 0.111. The Morgan fingerprint density at radius 1 is 0.512 bits per heavy atom. The molecule has 41 heavy (non-hydrogen) atoms. The standard InChI is InChI=1S/2C18H14N.2ClH.Zr/c2*1-13-10-16-8-4-5-9-18(16)19(13)17-11-14-6-2-3-7-15(14)12-17;;;/h2*2-12H,1H3;2*1H;/q;;;;+2/p-2. The second-order valence-corrected chi connectivity index (χ2v) is 14.4. The van der Waals surface area contributed by atoms with Gasteiger partial charge in [0, 0.05) is 0 Å². The van der Waals surface area contributed by atoms with Crippen molar-refractivity contribution in [2.24, 2.45) is 0 Å². The number of para-hydroxylation sites is 2. The van der Waals surface area contributed by atoms with Crippen molar-refractivity contribution in [2.45, 2.75) is 21.1 Å². The van der Waals surface area contributed by atoms with Gasteiger partial charge in [-0.05, 0) is 0 Å². The molecule has 2 aromatic heterocycles. The van der Waals surface area contributed by atoms with E-state index in [-0.39, 0.29) is 24.8 Å². The van der Waals surface area contributed by atoms with Gasteiger partial charge in [0.05, 0.1) is 0 Å². The summed E-state index contributed by atoms with van der Waals surface area (Å²) in [6.45, 7) is 4.52. The van der Waals surface area contributed by atoms with E-state index < -0.39 is 23.2 Å². The van der Waals surface area contributed by atoms with Crippen molar-refractivity contribution in [3.05, 3.63) is 143 Å². The topological polar surface area (TPSA) is 9.86 Å². The maximum Gasteiger partial charge on any atom is -1.00 e. The Balaban J connectivity index is 0.00000151. The van der Waals surface area contributed by atoms with Gasteiger partial charge in [-0.3, -0.25) is 0 Å². The van der Waals surface area contributed by atoms with Crippen molar-refractivity contribution in [1.82, 2.24) is 9.13 Å². The number of aromatic nitrogens is 2. The Hall–Kier alpha value is -3.10. The first-order chi connectivity index (χ1) is 19.2. The summed E-state index contributed by atoms with van der Waals surface area (Å²) in [7, 11) is 0. The van der Waals surface area contributed by atoms with E-state index in [2.05, 4.69) is 144 Å². The van der Waals surface area contributed by atoms with E-state index in [1.54, 1.807) is 0 Å². The summed E-state index contributed by atoms with van der Waals surface area (Å²) in [6.07, 6.45) is 4.95. The van der Waals surface area contributed by atoms with Gasteiger partial charge in [0.25, 0.3) is 0 Å². The van der Waals surface area contributed by atoms with E-state index in [4.69, 9.17) is 0 Å². The summed E-state index contributed by atoms with van der Waals surface area (Å²) in [5.41, 5.74) is 14.0. The van der Waals surface area contributed by atoms with Crippen LogP contribution in [0.15, 0.2) is 109 Å². The minimum atomic E-state index is -1.13. The molecule has 2 nitrogen and oxygen atoms in total. The van der Waals surface area contributed by atoms with E-state index in [1.807, 2.05) is 0 Å². The van der Waals surface area contributed by atoms with Crippen LogP contribution in [0.4, 0.5) is 0 Å². The van der Waals surface area contributed by atoms with E-state index >= 15 is 0 Å². The van der Waals surface area contributed by atoms with Gasteiger partial charge >= 0.3 is 242 Å². The predicted octanol–water partition coefficient (Wildman–Crippen LogP) is 3.11. The summed E-state index contributed by atoms with van der Waals surface area (Å²) in [5, 5.41) is 2.63. The number of fused-ring (bicyclic) bond motifs is 4. The number of rotatable bonds is 4. The van der Waals surface area contributed by atoms with Crippen LogP contribution in [0.2, 0.25) is 0 Å². The molecule has 2 aliphatic rings. The van der Waals surface area contributed by atoms with Crippen LogP contribution in [0, 0.1) is 13.8 Å². The largest absolute Gasteiger partial charge is 1.00 e. The van der Waals surface area contributed by atoms with Crippen LogP contribution < -0.4 is 24.8 Å². The molecule has 0 saturated carbocycles. The smallest absolute Gasteiger partial charge is 1.00 e. The molecule has 5 heteroatoms. The van der Waals surface area contributed by atoms with Crippen molar-refractivity contribution in [3.63, 3.8) is 0 Å². The summed E-state index contributed by atoms with van der Waals surface area (Å²) in [6, 6.07) is 40.6. The van der Waals surface area contributed by atoms with Crippen LogP contribution in [-0.4, -0.2) is 9.13 Å². The first-order valence-electron chi connectivity index (χ1n) is 13.7. The number of hydrogen-bond acceptors (Lipinski definition) is 0. The first kappa shape index (κ1) is 28.0. The molecule has 0 fully saturated rings. The van der Waals surface area contributed by atoms with Gasteiger partial charge in [-0.25, -0.2) is 0 Å². The predicted molar refractivity (Wildman–Crippen MR) is 160 cm³/mol. The van der Waals surface area contributed by atoms with Crippen LogP contribution in [-0.2, 0) is 23.2 Å². The van der Waals surface area contributed by atoms with E-state index in [9.17, 15) is 0 Å². The van der Waals surface area contributed by atoms with Crippen LogP contribution >= 0.6 is 0 Å². The second kappa shape index (κ2) is 11.0. The van der Waals surface area contributed by atoms with Crippen molar-refractivity contribution in [3.8, 4) is 0 Å². The van der Waals surface area contributed by atoms with Gasteiger partial charge in [0.2, 0.25) is 0 Å². The Bertz CT molecular complexity index is 1850. The van der Waals surface area contributed by atoms with Gasteiger partial charge in [-0.15, -0.1) is 0 Å². The molecule has 0 saturated heterocycles. The van der Waals surface area contributed by atoms with Gasteiger partial charge in [-0.1, -0.05) is 0 Å². The minimum Gasteiger partial charge on any atom is -1.00 e. The summed E-state index contributed by atoms with van der Waals surface area (Å²) in [4.78, 5) is 0. The number of allylic oxidation sites excluding steroid dienone is 2. The molecule has 2 unspecified atom stereocenters. The molecule has 2 atom stereocenters. The Morgan fingerprint density at radius 2 is 0.902 bits per heavy atom. The van der Waals surface area contributed by atoms with Crippen LogP contribution in [0.25, 0.3) is 45.4 Å². The molecule has 2 aliphatic carbocycles. The molecule has 200 valence electrons. The third-order valence-electron chi connectivity index (χ3n) is 8.45. The molecule has 0 bridgehead atoms. The Morgan fingerprint density at radius 3 is 1.37 bits per heavy atom. The average molecular weight is 651 g/mol. The minimum absolute atomic E-state index is 0. The molecule has 4 aromatic carbocycles. The van der Waals surface area contributed by atoms with Crippen molar-refractivity contribution >= 4 is 45.4 Å². The van der Waals surface area contributed by atoms with Gasteiger partial charge in [0.15, 0.2) is 0 Å². The van der Waals surface area contributed by atoms with Crippen LogP contribution in [0.1, 0.15) is 40.9 Å². The van der Waals surface area contributed by atoms with Gasteiger partial charge in [0.1, 0.15) is 0 Å². The van der Waals surface area contributed by atoms with Crippen molar-refractivity contribution in [2.75, 3.05) is 0 Å². The normalized spacial score (nSPS) is 16.8. The number of aryl methyl sites for hydroxylation is 2. The van der Waals surface area contributed by atoms with Gasteiger partial charge in [-0.2, -0.15) is 0 Å². The molecule has 0 radical (unpaired) electrons. The summed E-state index contributed by atoms with van der Waals surface area (Å²) in [5.74, 6) is 0. The third-order valence-corrected chi connectivity index (χ3v) is 13.1.